The molecule has 1 heterocycles. The zero-order chi connectivity index (χ0) is 19.3. The van der Waals surface area contributed by atoms with Gasteiger partial charge >= 0.3 is 0 Å². The maximum Gasteiger partial charge on any atom is 0.259 e. The maximum atomic E-state index is 13.0. The number of aromatic hydroxyl groups is 1. The summed E-state index contributed by atoms with van der Waals surface area (Å²) in [5.41, 5.74) is 0.123. The molecule has 0 fully saturated rings. The molecule has 26 heavy (non-hydrogen) atoms. The summed E-state index contributed by atoms with van der Waals surface area (Å²) < 4.78 is 6.24. The number of halogens is 1. The Morgan fingerprint density at radius 1 is 1.27 bits per heavy atom. The van der Waals surface area contributed by atoms with Crippen LogP contribution in [0.3, 0.4) is 0 Å². The summed E-state index contributed by atoms with van der Waals surface area (Å²) >= 11 is 3.30. The van der Waals surface area contributed by atoms with Crippen molar-refractivity contribution in [2.75, 3.05) is 6.61 Å². The Morgan fingerprint density at radius 3 is 2.65 bits per heavy atom. The number of phenolic OH excluding ortho intramolecular Hbond substituents is 1. The van der Waals surface area contributed by atoms with E-state index in [0.717, 1.165) is 0 Å². The van der Waals surface area contributed by atoms with E-state index in [-0.39, 0.29) is 22.9 Å². The quantitative estimate of drug-likeness (QED) is 0.337. The van der Waals surface area contributed by atoms with Gasteiger partial charge in [0.15, 0.2) is 0 Å². The van der Waals surface area contributed by atoms with Crippen molar-refractivity contribution in [1.82, 2.24) is 4.98 Å². The molecule has 0 amide bonds. The average molecular weight is 421 g/mol. The molecule has 2 aromatic rings. The van der Waals surface area contributed by atoms with Gasteiger partial charge in [0, 0.05) is 10.7 Å². The van der Waals surface area contributed by atoms with Crippen molar-refractivity contribution in [3.05, 3.63) is 57.8 Å². The fourth-order valence-corrected chi connectivity index (χ4v) is 2.41. The molecule has 0 bridgehead atoms. The predicted molar refractivity (Wildman–Crippen MR) is 102 cm³/mol. The molecule has 0 spiro atoms. The number of hydrogen-bond acceptors (Lipinski definition) is 6. The van der Waals surface area contributed by atoms with E-state index in [4.69, 9.17) is 9.57 Å². The van der Waals surface area contributed by atoms with E-state index in [1.807, 2.05) is 27.7 Å². The van der Waals surface area contributed by atoms with Crippen molar-refractivity contribution in [2.45, 2.75) is 33.3 Å². The molecule has 0 saturated carbocycles. The number of hydrogen-bond donors (Lipinski definition) is 1. The van der Waals surface area contributed by atoms with Crippen LogP contribution >= 0.6 is 15.9 Å². The normalized spacial score (nSPS) is 12.0. The highest BCUT2D eigenvalue weighted by Crippen LogP contribution is 2.25. The average Bonchev–Trinajstić information content (AvgIpc) is 2.59. The lowest BCUT2D eigenvalue weighted by molar-refractivity contribution is -0.00332. The van der Waals surface area contributed by atoms with Crippen LogP contribution < -0.4 is 0 Å². The molecular weight excluding hydrogens is 400 g/mol. The van der Waals surface area contributed by atoms with Crippen molar-refractivity contribution in [2.24, 2.45) is 5.16 Å². The Hall–Kier alpha value is -2.41. The van der Waals surface area contributed by atoms with Crippen LogP contribution in [0, 0.1) is 0 Å². The van der Waals surface area contributed by atoms with Gasteiger partial charge in [-0.15, -0.1) is 0 Å². The Bertz CT molecular complexity index is 829. The topological polar surface area (TPSA) is 81.0 Å². The summed E-state index contributed by atoms with van der Waals surface area (Å²) in [6.45, 7) is 7.72. The van der Waals surface area contributed by atoms with Gasteiger partial charge in [0.25, 0.3) is 5.90 Å². The second-order valence-corrected chi connectivity index (χ2v) is 7.34. The molecule has 1 aromatic heterocycles. The van der Waals surface area contributed by atoms with Crippen LogP contribution in [-0.2, 0) is 9.57 Å². The van der Waals surface area contributed by atoms with Crippen LogP contribution in [0.2, 0.25) is 0 Å². The van der Waals surface area contributed by atoms with Gasteiger partial charge in [0.2, 0.25) is 5.78 Å². The Labute approximate surface area is 161 Å². The molecule has 2 rings (SSSR count). The van der Waals surface area contributed by atoms with Gasteiger partial charge in [0.05, 0.1) is 17.7 Å². The predicted octanol–water partition coefficient (Wildman–Crippen LogP) is 4.29. The Balaban J connectivity index is 2.51. The minimum Gasteiger partial charge on any atom is -0.507 e. The fraction of sp³-hybridized carbons (Fsp3) is 0.316. The molecule has 138 valence electrons. The molecule has 7 heteroatoms. The zero-order valence-corrected chi connectivity index (χ0v) is 16.7. The molecule has 0 saturated heterocycles. The van der Waals surface area contributed by atoms with Crippen molar-refractivity contribution in [3.63, 3.8) is 0 Å². The molecule has 0 atom stereocenters. The Morgan fingerprint density at radius 2 is 2.00 bits per heavy atom. The van der Waals surface area contributed by atoms with E-state index in [0.29, 0.717) is 16.6 Å². The number of phenols is 1. The monoisotopic (exact) mass is 420 g/mol. The lowest BCUT2D eigenvalue weighted by Gasteiger charge is -2.17. The first kappa shape index (κ1) is 19.9. The summed E-state index contributed by atoms with van der Waals surface area (Å²) in [6.07, 6.45) is 1.50. The van der Waals surface area contributed by atoms with Crippen molar-refractivity contribution in [1.29, 1.82) is 0 Å². The number of benzene rings is 1. The second kappa shape index (κ2) is 8.31. The molecule has 1 aromatic carbocycles. The van der Waals surface area contributed by atoms with Crippen LogP contribution in [0.25, 0.3) is 0 Å². The number of carbonyl (C=O) groups is 1. The largest absolute Gasteiger partial charge is 0.507 e. The summed E-state index contributed by atoms with van der Waals surface area (Å²) in [5, 5.41) is 14.1. The van der Waals surface area contributed by atoms with E-state index < -0.39 is 11.4 Å². The summed E-state index contributed by atoms with van der Waals surface area (Å²) in [6, 6.07) is 7.99. The van der Waals surface area contributed by atoms with E-state index >= 15 is 0 Å². The van der Waals surface area contributed by atoms with Gasteiger partial charge in [-0.2, -0.15) is 0 Å². The van der Waals surface area contributed by atoms with Crippen molar-refractivity contribution < 1.29 is 19.5 Å². The molecule has 0 unspecified atom stereocenters. The zero-order valence-electron chi connectivity index (χ0n) is 15.1. The standard InChI is InChI=1S/C19H21BrN2O4/c1-5-25-18(22-26-19(2,3)4)13-7-6-10-21-16(13)17(24)14-11-12(20)8-9-15(14)23/h6-11,23H,5H2,1-4H3. The van der Waals surface area contributed by atoms with Crippen LogP contribution in [0.5, 0.6) is 5.75 Å². The van der Waals surface area contributed by atoms with Crippen LogP contribution in [-0.4, -0.2) is 34.0 Å². The highest BCUT2D eigenvalue weighted by atomic mass is 79.9. The molecule has 0 aliphatic carbocycles. The molecule has 0 aliphatic rings. The summed E-state index contributed by atoms with van der Waals surface area (Å²) in [4.78, 5) is 22.6. The van der Waals surface area contributed by atoms with Gasteiger partial charge in [-0.05, 0) is 63.2 Å². The van der Waals surface area contributed by atoms with Gasteiger partial charge < -0.3 is 14.7 Å². The number of pyridine rings is 1. The SMILES string of the molecule is CCOC(=NOC(C)(C)C)c1cccnc1C(=O)c1cc(Br)ccc1O. The third-order valence-corrected chi connectivity index (χ3v) is 3.63. The van der Waals surface area contributed by atoms with Gasteiger partial charge in [-0.25, -0.2) is 0 Å². The van der Waals surface area contributed by atoms with E-state index in [2.05, 4.69) is 26.1 Å². The molecule has 0 radical (unpaired) electrons. The van der Waals surface area contributed by atoms with E-state index in [1.165, 1.54) is 12.3 Å². The second-order valence-electron chi connectivity index (χ2n) is 6.42. The number of rotatable bonds is 5. The van der Waals surface area contributed by atoms with Crippen LogP contribution in [0.15, 0.2) is 46.2 Å². The number of carbonyl (C=O) groups excluding carboxylic acids is 1. The van der Waals surface area contributed by atoms with Crippen LogP contribution in [0.4, 0.5) is 0 Å². The number of nitrogens with zero attached hydrogens (tertiary/aromatic N) is 2. The minimum absolute atomic E-state index is 0.116. The highest BCUT2D eigenvalue weighted by Gasteiger charge is 2.23. The lowest BCUT2D eigenvalue weighted by atomic mass is 10.0. The number of oxime groups is 1. The number of aromatic nitrogens is 1. The first-order chi connectivity index (χ1) is 12.2. The number of ketones is 1. The highest BCUT2D eigenvalue weighted by molar-refractivity contribution is 9.10. The third kappa shape index (κ3) is 5.05. The van der Waals surface area contributed by atoms with Gasteiger partial charge in [-0.3, -0.25) is 9.78 Å². The fourth-order valence-electron chi connectivity index (χ4n) is 2.04. The first-order valence-electron chi connectivity index (χ1n) is 8.10. The molecule has 6 nitrogen and oxygen atoms in total. The maximum absolute atomic E-state index is 13.0. The van der Waals surface area contributed by atoms with Gasteiger partial charge in [-0.1, -0.05) is 15.9 Å². The lowest BCUT2D eigenvalue weighted by Crippen LogP contribution is -2.20. The van der Waals surface area contributed by atoms with Gasteiger partial charge in [0.1, 0.15) is 17.0 Å². The number of ether oxygens (including phenoxy) is 1. The summed E-state index contributed by atoms with van der Waals surface area (Å²) in [5.74, 6) is -0.411. The molecule has 0 aliphatic heterocycles. The first-order valence-corrected chi connectivity index (χ1v) is 8.90. The Kier molecular flexibility index (Phi) is 6.37. The summed E-state index contributed by atoms with van der Waals surface area (Å²) in [7, 11) is 0. The smallest absolute Gasteiger partial charge is 0.259 e. The van der Waals surface area contributed by atoms with Crippen LogP contribution in [0.1, 0.15) is 49.3 Å². The molecular formula is C19H21BrN2O4. The van der Waals surface area contributed by atoms with E-state index in [1.54, 1.807) is 24.3 Å². The van der Waals surface area contributed by atoms with Crippen molar-refractivity contribution in [3.8, 4) is 5.75 Å². The van der Waals surface area contributed by atoms with Crippen molar-refractivity contribution >= 4 is 27.6 Å². The minimum atomic E-state index is -0.517. The third-order valence-electron chi connectivity index (χ3n) is 3.14. The molecule has 1 N–H and O–H groups in total. The van der Waals surface area contributed by atoms with E-state index in [9.17, 15) is 9.90 Å².